The predicted octanol–water partition coefficient (Wildman–Crippen LogP) is 1.81. The van der Waals surface area contributed by atoms with Crippen LogP contribution in [0.4, 0.5) is 0 Å². The van der Waals surface area contributed by atoms with Gasteiger partial charge in [-0.3, -0.25) is 19.1 Å². The zero-order chi connectivity index (χ0) is 18.1. The Morgan fingerprint density at radius 1 is 1.28 bits per heavy atom. The molecule has 0 aromatic carbocycles. The Hall–Kier alpha value is -2.74. The summed E-state index contributed by atoms with van der Waals surface area (Å²) in [6.45, 7) is 4.06. The molecule has 0 saturated carbocycles. The van der Waals surface area contributed by atoms with Gasteiger partial charge in [0.25, 0.3) is 11.5 Å². The Kier molecular flexibility index (Phi) is 4.54. The van der Waals surface area contributed by atoms with Crippen LogP contribution in [0.3, 0.4) is 0 Å². The lowest BCUT2D eigenvalue weighted by atomic mass is 10.0. The number of fused-ring (bicyclic) bond motifs is 1. The topological polar surface area (TPSA) is 96.9 Å². The lowest BCUT2D eigenvalue weighted by molar-refractivity contribution is 0.0921. The number of hydrogen-bond acceptors (Lipinski definition) is 5. The zero-order valence-electron chi connectivity index (χ0n) is 14.1. The molecule has 1 amide bonds. The van der Waals surface area contributed by atoms with Crippen molar-refractivity contribution in [3.05, 3.63) is 61.1 Å². The highest BCUT2D eigenvalue weighted by atomic mass is 32.1. The fraction of sp³-hybridized carbons (Fsp3) is 0.294. The number of aryl methyl sites for hydroxylation is 1. The Balaban J connectivity index is 1.98. The Bertz CT molecular complexity index is 1030. The highest BCUT2D eigenvalue weighted by Crippen LogP contribution is 2.26. The third kappa shape index (κ3) is 3.25. The number of pyridine rings is 1. The van der Waals surface area contributed by atoms with E-state index in [0.717, 1.165) is 4.88 Å². The number of aromatic amines is 1. The Morgan fingerprint density at radius 2 is 2.04 bits per heavy atom. The van der Waals surface area contributed by atoms with Crippen LogP contribution in [0.5, 0.6) is 0 Å². The van der Waals surface area contributed by atoms with Gasteiger partial charge >= 0.3 is 5.69 Å². The van der Waals surface area contributed by atoms with Crippen LogP contribution in [0.1, 0.15) is 35.3 Å². The predicted molar refractivity (Wildman–Crippen MR) is 97.0 cm³/mol. The third-order valence-corrected chi connectivity index (χ3v) is 4.95. The monoisotopic (exact) mass is 358 g/mol. The first kappa shape index (κ1) is 17.1. The molecule has 0 aliphatic rings. The molecule has 0 aliphatic carbocycles. The SMILES string of the molecule is CC(C)[C@H](NC(=O)c1ccc2c(=O)[nH]c(=O)n(C)c2n1)c1cccs1. The van der Waals surface area contributed by atoms with Gasteiger partial charge in [0.15, 0.2) is 0 Å². The average molecular weight is 358 g/mol. The third-order valence-electron chi connectivity index (χ3n) is 4.00. The summed E-state index contributed by atoms with van der Waals surface area (Å²) < 4.78 is 1.21. The molecule has 0 spiro atoms. The second-order valence-corrected chi connectivity index (χ2v) is 7.08. The summed E-state index contributed by atoms with van der Waals surface area (Å²) in [5, 5.41) is 5.21. The summed E-state index contributed by atoms with van der Waals surface area (Å²) in [7, 11) is 1.50. The molecule has 130 valence electrons. The molecule has 0 fully saturated rings. The molecule has 3 aromatic rings. The number of amides is 1. The number of carbonyl (C=O) groups excluding carboxylic acids is 1. The van der Waals surface area contributed by atoms with Crippen LogP contribution < -0.4 is 16.6 Å². The number of aromatic nitrogens is 3. The first-order valence-electron chi connectivity index (χ1n) is 7.83. The van der Waals surface area contributed by atoms with Crippen LogP contribution in [0.25, 0.3) is 11.0 Å². The molecule has 3 heterocycles. The number of nitrogens with zero attached hydrogens (tertiary/aromatic N) is 2. The molecule has 0 aliphatic heterocycles. The minimum atomic E-state index is -0.568. The van der Waals surface area contributed by atoms with E-state index in [1.54, 1.807) is 11.3 Å². The van der Waals surface area contributed by atoms with Crippen molar-refractivity contribution in [2.24, 2.45) is 13.0 Å². The van der Waals surface area contributed by atoms with Crippen molar-refractivity contribution < 1.29 is 4.79 Å². The van der Waals surface area contributed by atoms with Gasteiger partial charge in [0, 0.05) is 11.9 Å². The molecule has 0 unspecified atom stereocenters. The average Bonchev–Trinajstić information content (AvgIpc) is 3.10. The van der Waals surface area contributed by atoms with Crippen molar-refractivity contribution in [3.8, 4) is 0 Å². The van der Waals surface area contributed by atoms with E-state index in [9.17, 15) is 14.4 Å². The van der Waals surface area contributed by atoms with Crippen LogP contribution in [-0.4, -0.2) is 20.4 Å². The van der Waals surface area contributed by atoms with Crippen molar-refractivity contribution in [2.45, 2.75) is 19.9 Å². The Labute approximate surface area is 147 Å². The highest BCUT2D eigenvalue weighted by Gasteiger charge is 2.21. The van der Waals surface area contributed by atoms with Gasteiger partial charge in [0.2, 0.25) is 0 Å². The van der Waals surface area contributed by atoms with Crippen molar-refractivity contribution in [1.29, 1.82) is 0 Å². The van der Waals surface area contributed by atoms with E-state index in [1.807, 2.05) is 31.4 Å². The van der Waals surface area contributed by atoms with Gasteiger partial charge in [-0.25, -0.2) is 9.78 Å². The maximum Gasteiger partial charge on any atom is 0.329 e. The molecular weight excluding hydrogens is 340 g/mol. The van der Waals surface area contributed by atoms with Crippen molar-refractivity contribution in [1.82, 2.24) is 19.9 Å². The maximum atomic E-state index is 12.6. The lowest BCUT2D eigenvalue weighted by Crippen LogP contribution is -2.33. The minimum absolute atomic E-state index is 0.131. The largest absolute Gasteiger partial charge is 0.343 e. The highest BCUT2D eigenvalue weighted by molar-refractivity contribution is 7.10. The molecule has 0 bridgehead atoms. The summed E-state index contributed by atoms with van der Waals surface area (Å²) >= 11 is 1.58. The van der Waals surface area contributed by atoms with Gasteiger partial charge in [-0.1, -0.05) is 19.9 Å². The van der Waals surface area contributed by atoms with Gasteiger partial charge in [-0.15, -0.1) is 11.3 Å². The number of carbonyl (C=O) groups is 1. The first-order chi connectivity index (χ1) is 11.9. The number of hydrogen-bond donors (Lipinski definition) is 2. The molecule has 3 aromatic heterocycles. The van der Waals surface area contributed by atoms with Crippen molar-refractivity contribution >= 4 is 28.3 Å². The molecule has 0 radical (unpaired) electrons. The van der Waals surface area contributed by atoms with E-state index >= 15 is 0 Å². The normalized spacial score (nSPS) is 12.5. The summed E-state index contributed by atoms with van der Waals surface area (Å²) in [6.07, 6.45) is 0. The molecule has 25 heavy (non-hydrogen) atoms. The lowest BCUT2D eigenvalue weighted by Gasteiger charge is -2.21. The number of thiophene rings is 1. The summed E-state index contributed by atoms with van der Waals surface area (Å²) in [5.41, 5.74) is -0.744. The number of nitrogens with one attached hydrogen (secondary N) is 2. The van der Waals surface area contributed by atoms with E-state index in [0.29, 0.717) is 0 Å². The molecule has 7 nitrogen and oxygen atoms in total. The van der Waals surface area contributed by atoms with Crippen molar-refractivity contribution in [3.63, 3.8) is 0 Å². The van der Waals surface area contributed by atoms with Crippen LogP contribution in [0, 0.1) is 5.92 Å². The second-order valence-electron chi connectivity index (χ2n) is 6.10. The number of H-pyrrole nitrogens is 1. The minimum Gasteiger partial charge on any atom is -0.343 e. The van der Waals surface area contributed by atoms with Crippen LogP contribution in [0.15, 0.2) is 39.2 Å². The molecule has 1 atom stereocenters. The second kappa shape index (κ2) is 6.64. The fourth-order valence-electron chi connectivity index (χ4n) is 2.60. The zero-order valence-corrected chi connectivity index (χ0v) is 14.9. The summed E-state index contributed by atoms with van der Waals surface area (Å²) in [6, 6.07) is 6.78. The van der Waals surface area contributed by atoms with Gasteiger partial charge in [0.1, 0.15) is 11.3 Å². The Morgan fingerprint density at radius 3 is 2.68 bits per heavy atom. The summed E-state index contributed by atoms with van der Waals surface area (Å²) in [4.78, 5) is 43.7. The van der Waals surface area contributed by atoms with E-state index < -0.39 is 11.2 Å². The molecule has 0 saturated heterocycles. The van der Waals surface area contributed by atoms with Crippen molar-refractivity contribution in [2.75, 3.05) is 0 Å². The van der Waals surface area contributed by atoms with Gasteiger partial charge in [0.05, 0.1) is 11.4 Å². The van der Waals surface area contributed by atoms with E-state index in [1.165, 1.54) is 23.7 Å². The van der Waals surface area contributed by atoms with E-state index in [-0.39, 0.29) is 34.6 Å². The quantitative estimate of drug-likeness (QED) is 0.743. The van der Waals surface area contributed by atoms with E-state index in [2.05, 4.69) is 15.3 Å². The maximum absolute atomic E-state index is 12.6. The van der Waals surface area contributed by atoms with Crippen LogP contribution >= 0.6 is 11.3 Å². The van der Waals surface area contributed by atoms with Crippen LogP contribution in [-0.2, 0) is 7.05 Å². The molecule has 8 heteroatoms. The standard InChI is InChI=1S/C17H18N4O3S/c1-9(2)13(12-5-4-8-25-12)19-16(23)11-7-6-10-14(18-11)21(3)17(24)20-15(10)22/h4-9,13H,1-3H3,(H,19,23)(H,20,22,24)/t13-/m0/s1. The molecule has 2 N–H and O–H groups in total. The fourth-order valence-corrected chi connectivity index (χ4v) is 3.55. The van der Waals surface area contributed by atoms with Gasteiger partial charge < -0.3 is 5.32 Å². The molecule has 3 rings (SSSR count). The van der Waals surface area contributed by atoms with Gasteiger partial charge in [-0.05, 0) is 29.5 Å². The summed E-state index contributed by atoms with van der Waals surface area (Å²) in [5.74, 6) is -0.142. The number of rotatable bonds is 4. The first-order valence-corrected chi connectivity index (χ1v) is 8.70. The molecular formula is C17H18N4O3S. The van der Waals surface area contributed by atoms with E-state index in [4.69, 9.17) is 0 Å². The van der Waals surface area contributed by atoms with Gasteiger partial charge in [-0.2, -0.15) is 0 Å². The smallest absolute Gasteiger partial charge is 0.329 e. The van der Waals surface area contributed by atoms with Crippen LogP contribution in [0.2, 0.25) is 0 Å².